The minimum absolute atomic E-state index is 0.656. The molecule has 0 bridgehead atoms. The van der Waals surface area contributed by atoms with Gasteiger partial charge < -0.3 is 9.16 Å². The Hall–Kier alpha value is 0.427. The maximum absolute atomic E-state index is 5.34. The quantitative estimate of drug-likeness (QED) is 0.322. The Morgan fingerprint density at radius 3 is 2.75 bits per heavy atom. The molecule has 0 rings (SSSR count). The zero-order chi connectivity index (χ0) is 6.24. The third-order valence-corrected chi connectivity index (χ3v) is 1.56. The van der Waals surface area contributed by atoms with Crippen LogP contribution in [0.2, 0.25) is 0 Å². The number of hydrogen-bond acceptors (Lipinski definition) is 2. The molecule has 0 aliphatic heterocycles. The molecular weight excluding hydrogens is 144 g/mol. The standard InChI is InChI=1S/C4H11ClO2Si/c1-2-6-3-4-7-8-5/h2-4,8H2,1H3. The lowest BCUT2D eigenvalue weighted by Gasteiger charge is -1.98. The van der Waals surface area contributed by atoms with Gasteiger partial charge in [0.25, 0.3) is 9.07 Å². The predicted octanol–water partition coefficient (Wildman–Crippen LogP) is 0.277. The average molecular weight is 155 g/mol. The Balaban J connectivity index is 2.53. The van der Waals surface area contributed by atoms with E-state index in [4.69, 9.17) is 20.2 Å². The van der Waals surface area contributed by atoms with Crippen LogP contribution < -0.4 is 0 Å². The number of ether oxygens (including phenoxy) is 1. The fraction of sp³-hybridized carbons (Fsp3) is 1.00. The molecule has 0 heterocycles. The molecule has 0 aliphatic rings. The molecule has 0 fully saturated rings. The van der Waals surface area contributed by atoms with Gasteiger partial charge in [0.2, 0.25) is 0 Å². The first-order valence-electron chi connectivity index (χ1n) is 2.63. The van der Waals surface area contributed by atoms with E-state index in [1.165, 1.54) is 0 Å². The van der Waals surface area contributed by atoms with E-state index in [9.17, 15) is 0 Å². The number of halogens is 1. The van der Waals surface area contributed by atoms with Gasteiger partial charge in [0, 0.05) is 6.61 Å². The molecule has 8 heavy (non-hydrogen) atoms. The summed E-state index contributed by atoms with van der Waals surface area (Å²) in [6, 6.07) is 0. The van der Waals surface area contributed by atoms with Crippen molar-refractivity contribution in [1.82, 2.24) is 0 Å². The zero-order valence-electron chi connectivity index (χ0n) is 5.02. The average Bonchev–Trinajstić information content (AvgIpc) is 1.81. The van der Waals surface area contributed by atoms with Crippen LogP contribution in [0.3, 0.4) is 0 Å². The van der Waals surface area contributed by atoms with Crippen molar-refractivity contribution < 1.29 is 9.16 Å². The van der Waals surface area contributed by atoms with Crippen molar-refractivity contribution in [2.45, 2.75) is 6.92 Å². The normalized spacial score (nSPS) is 11.2. The fourth-order valence-corrected chi connectivity index (χ4v) is 0.871. The largest absolute Gasteiger partial charge is 0.406 e. The van der Waals surface area contributed by atoms with E-state index in [0.29, 0.717) is 13.2 Å². The van der Waals surface area contributed by atoms with Crippen LogP contribution in [0.1, 0.15) is 6.92 Å². The predicted molar refractivity (Wildman–Crippen MR) is 36.8 cm³/mol. The first-order valence-corrected chi connectivity index (χ1v) is 5.34. The molecule has 0 amide bonds. The van der Waals surface area contributed by atoms with E-state index in [0.717, 1.165) is 6.61 Å². The second-order valence-corrected chi connectivity index (χ2v) is 2.50. The van der Waals surface area contributed by atoms with E-state index in [1.54, 1.807) is 0 Å². The minimum Gasteiger partial charge on any atom is -0.406 e. The number of hydrogen-bond donors (Lipinski definition) is 0. The van der Waals surface area contributed by atoms with Gasteiger partial charge in [-0.25, -0.2) is 0 Å². The molecule has 0 aromatic heterocycles. The molecule has 0 aromatic rings. The molecule has 0 aliphatic carbocycles. The highest BCUT2D eigenvalue weighted by Crippen LogP contribution is 1.76. The highest BCUT2D eigenvalue weighted by atomic mass is 35.6. The van der Waals surface area contributed by atoms with Crippen LogP contribution >= 0.6 is 11.1 Å². The van der Waals surface area contributed by atoms with E-state index in [1.807, 2.05) is 6.92 Å². The lowest BCUT2D eigenvalue weighted by Crippen LogP contribution is -2.03. The van der Waals surface area contributed by atoms with Crippen LogP contribution in [0.15, 0.2) is 0 Å². The summed E-state index contributed by atoms with van der Waals surface area (Å²) < 4.78 is 9.89. The van der Waals surface area contributed by atoms with Gasteiger partial charge in [-0.2, -0.15) is 0 Å². The van der Waals surface area contributed by atoms with Gasteiger partial charge in [-0.15, -0.1) is 11.1 Å². The fourth-order valence-electron chi connectivity index (χ4n) is 0.317. The zero-order valence-corrected chi connectivity index (χ0v) is 7.19. The second-order valence-electron chi connectivity index (χ2n) is 1.21. The molecule has 2 nitrogen and oxygen atoms in total. The topological polar surface area (TPSA) is 18.5 Å². The lowest BCUT2D eigenvalue weighted by molar-refractivity contribution is 0.113. The minimum atomic E-state index is -0.722. The summed E-state index contributed by atoms with van der Waals surface area (Å²) in [5.74, 6) is 0. The van der Waals surface area contributed by atoms with Crippen molar-refractivity contribution >= 4 is 20.2 Å². The molecule has 50 valence electrons. The van der Waals surface area contributed by atoms with Crippen molar-refractivity contribution in [3.63, 3.8) is 0 Å². The summed E-state index contributed by atoms with van der Waals surface area (Å²) >= 11 is 5.34. The Labute approximate surface area is 56.8 Å². The Morgan fingerprint density at radius 2 is 2.25 bits per heavy atom. The van der Waals surface area contributed by atoms with Gasteiger partial charge in [0.05, 0.1) is 13.2 Å². The van der Waals surface area contributed by atoms with Crippen LogP contribution in [0.5, 0.6) is 0 Å². The Morgan fingerprint density at radius 1 is 1.50 bits per heavy atom. The Kier molecular flexibility index (Phi) is 7.82. The molecule has 0 saturated heterocycles. The maximum Gasteiger partial charge on any atom is 0.258 e. The summed E-state index contributed by atoms with van der Waals surface area (Å²) in [6.45, 7) is 4.05. The molecule has 0 aromatic carbocycles. The van der Waals surface area contributed by atoms with Crippen molar-refractivity contribution in [2.24, 2.45) is 0 Å². The Bertz CT molecular complexity index is 39.0. The van der Waals surface area contributed by atoms with Gasteiger partial charge in [-0.3, -0.25) is 0 Å². The molecule has 0 unspecified atom stereocenters. The van der Waals surface area contributed by atoms with Gasteiger partial charge >= 0.3 is 0 Å². The second kappa shape index (κ2) is 7.43. The molecule has 0 radical (unpaired) electrons. The summed E-state index contributed by atoms with van der Waals surface area (Å²) in [5, 5.41) is 0. The summed E-state index contributed by atoms with van der Waals surface area (Å²) in [4.78, 5) is 0. The molecular formula is C4H11ClO2Si. The smallest absolute Gasteiger partial charge is 0.258 e. The SMILES string of the molecule is CCOCCO[SiH2]Cl. The highest BCUT2D eigenvalue weighted by molar-refractivity contribution is 6.89. The lowest BCUT2D eigenvalue weighted by atomic mass is 10.8. The van der Waals surface area contributed by atoms with Gasteiger partial charge in [-0.05, 0) is 6.92 Å². The van der Waals surface area contributed by atoms with Crippen molar-refractivity contribution in [1.29, 1.82) is 0 Å². The molecule has 0 N–H and O–H groups in total. The van der Waals surface area contributed by atoms with E-state index in [2.05, 4.69) is 0 Å². The summed E-state index contributed by atoms with van der Waals surface area (Å²) in [5.41, 5.74) is 0. The monoisotopic (exact) mass is 154 g/mol. The van der Waals surface area contributed by atoms with Crippen LogP contribution in [-0.2, 0) is 9.16 Å². The van der Waals surface area contributed by atoms with Crippen molar-refractivity contribution in [2.75, 3.05) is 19.8 Å². The van der Waals surface area contributed by atoms with Crippen molar-refractivity contribution in [3.05, 3.63) is 0 Å². The van der Waals surface area contributed by atoms with Gasteiger partial charge in [0.15, 0.2) is 0 Å². The molecule has 0 spiro atoms. The third kappa shape index (κ3) is 6.43. The van der Waals surface area contributed by atoms with E-state index >= 15 is 0 Å². The number of rotatable bonds is 5. The third-order valence-electron chi connectivity index (χ3n) is 0.653. The van der Waals surface area contributed by atoms with Gasteiger partial charge in [-0.1, -0.05) is 0 Å². The summed E-state index contributed by atoms with van der Waals surface area (Å²) in [7, 11) is -0.722. The van der Waals surface area contributed by atoms with E-state index in [-0.39, 0.29) is 0 Å². The van der Waals surface area contributed by atoms with Crippen LogP contribution in [0.4, 0.5) is 0 Å². The summed E-state index contributed by atoms with van der Waals surface area (Å²) in [6.07, 6.45) is 0. The first kappa shape index (κ1) is 8.43. The highest BCUT2D eigenvalue weighted by Gasteiger charge is 1.82. The molecule has 4 heteroatoms. The first-order chi connectivity index (χ1) is 3.91. The van der Waals surface area contributed by atoms with Gasteiger partial charge in [0.1, 0.15) is 0 Å². The maximum atomic E-state index is 5.34. The van der Waals surface area contributed by atoms with Crippen LogP contribution in [0, 0.1) is 0 Å². The van der Waals surface area contributed by atoms with Crippen LogP contribution in [-0.4, -0.2) is 28.9 Å². The van der Waals surface area contributed by atoms with E-state index < -0.39 is 9.07 Å². The van der Waals surface area contributed by atoms with Crippen molar-refractivity contribution in [3.8, 4) is 0 Å². The van der Waals surface area contributed by atoms with Crippen LogP contribution in [0.25, 0.3) is 0 Å². The molecule has 0 saturated carbocycles. The molecule has 0 atom stereocenters.